The van der Waals surface area contributed by atoms with Gasteiger partial charge in [0.25, 0.3) is 5.91 Å². The highest BCUT2D eigenvalue weighted by Gasteiger charge is 2.25. The molecule has 0 aliphatic carbocycles. The first-order valence-electron chi connectivity index (χ1n) is 8.54. The van der Waals surface area contributed by atoms with Crippen molar-refractivity contribution in [3.63, 3.8) is 0 Å². The van der Waals surface area contributed by atoms with Crippen molar-refractivity contribution in [3.8, 4) is 11.5 Å². The second kappa shape index (κ2) is 9.27. The normalized spacial score (nSPS) is 14.9. The van der Waals surface area contributed by atoms with Crippen molar-refractivity contribution in [2.45, 2.75) is 25.3 Å². The highest BCUT2D eigenvalue weighted by Crippen LogP contribution is 2.28. The molecule has 0 bridgehead atoms. The second-order valence-corrected chi connectivity index (χ2v) is 6.06. The van der Waals surface area contributed by atoms with Gasteiger partial charge >= 0.3 is 0 Å². The minimum Gasteiger partial charge on any atom is -0.493 e. The standard InChI is InChI=1S/C18H27N3O4/c1-19-9-6-17(22)20-14-7-10-21(11-8-14)18(23)13-4-5-15(24-2)16(12-13)25-3/h4-5,12,14,19H,6-11H2,1-3H3,(H,20,22). The fourth-order valence-electron chi connectivity index (χ4n) is 2.92. The molecule has 0 unspecified atom stereocenters. The van der Waals surface area contributed by atoms with Gasteiger partial charge in [0.1, 0.15) is 0 Å². The fraction of sp³-hybridized carbons (Fsp3) is 0.556. The molecule has 25 heavy (non-hydrogen) atoms. The minimum absolute atomic E-state index is 0.0269. The van der Waals surface area contributed by atoms with Crippen molar-refractivity contribution in [2.75, 3.05) is 40.9 Å². The van der Waals surface area contributed by atoms with Gasteiger partial charge in [0, 0.05) is 37.7 Å². The van der Waals surface area contributed by atoms with Gasteiger partial charge in [-0.25, -0.2) is 0 Å². The summed E-state index contributed by atoms with van der Waals surface area (Å²) in [5, 5.41) is 5.99. The van der Waals surface area contributed by atoms with Gasteiger partial charge in [-0.1, -0.05) is 0 Å². The molecule has 1 aromatic carbocycles. The molecule has 7 heteroatoms. The van der Waals surface area contributed by atoms with Crippen molar-refractivity contribution in [3.05, 3.63) is 23.8 Å². The first-order valence-corrected chi connectivity index (χ1v) is 8.54. The van der Waals surface area contributed by atoms with Gasteiger partial charge in [-0.05, 0) is 38.1 Å². The van der Waals surface area contributed by atoms with E-state index in [1.165, 1.54) is 0 Å². The van der Waals surface area contributed by atoms with Crippen LogP contribution in [0.25, 0.3) is 0 Å². The molecule has 0 aromatic heterocycles. The molecule has 1 aliphatic rings. The second-order valence-electron chi connectivity index (χ2n) is 6.06. The van der Waals surface area contributed by atoms with Gasteiger partial charge in [-0.2, -0.15) is 0 Å². The number of nitrogens with one attached hydrogen (secondary N) is 2. The summed E-state index contributed by atoms with van der Waals surface area (Å²) in [4.78, 5) is 26.3. The summed E-state index contributed by atoms with van der Waals surface area (Å²) in [5.74, 6) is 1.17. The van der Waals surface area contributed by atoms with E-state index in [4.69, 9.17) is 9.47 Å². The van der Waals surface area contributed by atoms with E-state index >= 15 is 0 Å². The number of likely N-dealkylation sites (tertiary alicyclic amines) is 1. The number of benzene rings is 1. The number of carbonyl (C=O) groups excluding carboxylic acids is 2. The van der Waals surface area contributed by atoms with Gasteiger partial charge < -0.3 is 25.0 Å². The van der Waals surface area contributed by atoms with Crippen LogP contribution >= 0.6 is 0 Å². The topological polar surface area (TPSA) is 79.9 Å². The lowest BCUT2D eigenvalue weighted by atomic mass is 10.0. The SMILES string of the molecule is CNCCC(=O)NC1CCN(C(=O)c2ccc(OC)c(OC)c2)CC1. The molecule has 1 aromatic rings. The number of rotatable bonds is 7. The number of carbonyl (C=O) groups is 2. The third-order valence-corrected chi connectivity index (χ3v) is 4.38. The van der Waals surface area contributed by atoms with Crippen molar-refractivity contribution in [1.82, 2.24) is 15.5 Å². The summed E-state index contributed by atoms with van der Waals surface area (Å²) in [6, 6.07) is 5.32. The number of hydrogen-bond donors (Lipinski definition) is 2. The van der Waals surface area contributed by atoms with Crippen LogP contribution < -0.4 is 20.1 Å². The van der Waals surface area contributed by atoms with E-state index in [1.807, 2.05) is 11.9 Å². The van der Waals surface area contributed by atoms with Crippen LogP contribution in [0.5, 0.6) is 11.5 Å². The van der Waals surface area contributed by atoms with Crippen LogP contribution in [0.3, 0.4) is 0 Å². The van der Waals surface area contributed by atoms with E-state index in [0.29, 0.717) is 43.1 Å². The Balaban J connectivity index is 1.90. The molecule has 138 valence electrons. The predicted molar refractivity (Wildman–Crippen MR) is 95.2 cm³/mol. The molecule has 2 amide bonds. The number of amides is 2. The van der Waals surface area contributed by atoms with Crippen LogP contribution in [0.1, 0.15) is 29.6 Å². The average Bonchev–Trinajstić information content (AvgIpc) is 2.65. The summed E-state index contributed by atoms with van der Waals surface area (Å²) in [6.07, 6.45) is 2.01. The average molecular weight is 349 g/mol. The Labute approximate surface area is 148 Å². The van der Waals surface area contributed by atoms with Crippen molar-refractivity contribution >= 4 is 11.8 Å². The maximum atomic E-state index is 12.7. The van der Waals surface area contributed by atoms with Crippen molar-refractivity contribution in [2.24, 2.45) is 0 Å². The largest absolute Gasteiger partial charge is 0.493 e. The Kier molecular flexibility index (Phi) is 7.06. The maximum absolute atomic E-state index is 12.7. The van der Waals surface area contributed by atoms with E-state index in [0.717, 1.165) is 12.8 Å². The molecule has 0 radical (unpaired) electrons. The number of hydrogen-bond acceptors (Lipinski definition) is 5. The van der Waals surface area contributed by atoms with E-state index in [-0.39, 0.29) is 17.9 Å². The lowest BCUT2D eigenvalue weighted by Gasteiger charge is -2.32. The summed E-state index contributed by atoms with van der Waals surface area (Å²) in [6.45, 7) is 1.93. The Morgan fingerprint density at radius 3 is 2.44 bits per heavy atom. The predicted octanol–water partition coefficient (Wildman–Crippen LogP) is 1.03. The summed E-state index contributed by atoms with van der Waals surface area (Å²) in [5.41, 5.74) is 0.578. The zero-order valence-corrected chi connectivity index (χ0v) is 15.1. The van der Waals surface area contributed by atoms with Crippen LogP contribution in [0, 0.1) is 0 Å². The summed E-state index contributed by atoms with van der Waals surface area (Å²) < 4.78 is 10.5. The van der Waals surface area contributed by atoms with E-state index < -0.39 is 0 Å². The van der Waals surface area contributed by atoms with Crippen LogP contribution in [-0.2, 0) is 4.79 Å². The van der Waals surface area contributed by atoms with Crippen molar-refractivity contribution in [1.29, 1.82) is 0 Å². The lowest BCUT2D eigenvalue weighted by molar-refractivity contribution is -0.121. The first-order chi connectivity index (χ1) is 12.1. The Bertz CT molecular complexity index is 598. The fourth-order valence-corrected chi connectivity index (χ4v) is 2.92. The van der Waals surface area contributed by atoms with Gasteiger partial charge in [0.05, 0.1) is 14.2 Å². The highest BCUT2D eigenvalue weighted by atomic mass is 16.5. The van der Waals surface area contributed by atoms with Crippen LogP contribution in [0.4, 0.5) is 0 Å². The highest BCUT2D eigenvalue weighted by molar-refractivity contribution is 5.95. The van der Waals surface area contributed by atoms with Gasteiger partial charge in [0.15, 0.2) is 11.5 Å². The molecule has 1 fully saturated rings. The number of piperidine rings is 1. The van der Waals surface area contributed by atoms with Gasteiger partial charge in [-0.3, -0.25) is 9.59 Å². The molecule has 7 nitrogen and oxygen atoms in total. The monoisotopic (exact) mass is 349 g/mol. The molecule has 0 atom stereocenters. The Morgan fingerprint density at radius 2 is 1.84 bits per heavy atom. The van der Waals surface area contributed by atoms with E-state index in [2.05, 4.69) is 10.6 Å². The molecule has 2 rings (SSSR count). The van der Waals surface area contributed by atoms with Crippen LogP contribution in [0.15, 0.2) is 18.2 Å². The number of nitrogens with zero attached hydrogens (tertiary/aromatic N) is 1. The zero-order valence-electron chi connectivity index (χ0n) is 15.1. The smallest absolute Gasteiger partial charge is 0.253 e. The molecule has 1 saturated heterocycles. The molecule has 0 spiro atoms. The Hall–Kier alpha value is -2.28. The first kappa shape index (κ1) is 19.1. The van der Waals surface area contributed by atoms with Gasteiger partial charge in [0.2, 0.25) is 5.91 Å². The third kappa shape index (κ3) is 5.09. The number of ether oxygens (including phenoxy) is 2. The maximum Gasteiger partial charge on any atom is 0.253 e. The third-order valence-electron chi connectivity index (χ3n) is 4.38. The van der Waals surface area contributed by atoms with Crippen LogP contribution in [0.2, 0.25) is 0 Å². The molecular weight excluding hydrogens is 322 g/mol. The molecule has 0 saturated carbocycles. The molecular formula is C18H27N3O4. The number of methoxy groups -OCH3 is 2. The van der Waals surface area contributed by atoms with Crippen molar-refractivity contribution < 1.29 is 19.1 Å². The zero-order chi connectivity index (χ0) is 18.2. The molecule has 1 heterocycles. The molecule has 1 aliphatic heterocycles. The minimum atomic E-state index is -0.0269. The van der Waals surface area contributed by atoms with E-state index in [9.17, 15) is 9.59 Å². The van der Waals surface area contributed by atoms with E-state index in [1.54, 1.807) is 32.4 Å². The lowest BCUT2D eigenvalue weighted by Crippen LogP contribution is -2.46. The summed E-state index contributed by atoms with van der Waals surface area (Å²) >= 11 is 0. The van der Waals surface area contributed by atoms with Crippen LogP contribution in [-0.4, -0.2) is 63.7 Å². The molecule has 2 N–H and O–H groups in total. The quantitative estimate of drug-likeness (QED) is 0.769. The Morgan fingerprint density at radius 1 is 1.16 bits per heavy atom. The summed E-state index contributed by atoms with van der Waals surface area (Å²) in [7, 11) is 4.94. The van der Waals surface area contributed by atoms with Gasteiger partial charge in [-0.15, -0.1) is 0 Å².